The molecule has 1 aliphatic heterocycles. The van der Waals surface area contributed by atoms with E-state index in [1.165, 1.54) is 16.6 Å². The molecule has 8 nitrogen and oxygen atoms in total. The lowest BCUT2D eigenvalue weighted by molar-refractivity contribution is -0.165. The number of carbonyl (C=O) groups is 1. The number of amides is 1. The van der Waals surface area contributed by atoms with Crippen molar-refractivity contribution in [2.45, 2.75) is 181 Å². The molecule has 0 saturated carbocycles. The minimum absolute atomic E-state index is 0.0116. The predicted molar refractivity (Wildman–Crippen MR) is 245 cm³/mol. The Labute approximate surface area is 355 Å². The van der Waals surface area contributed by atoms with Gasteiger partial charge in [0.2, 0.25) is 8.32 Å². The van der Waals surface area contributed by atoms with Crippen LogP contribution in [-0.4, -0.2) is 83.1 Å². The molecule has 1 unspecified atom stereocenters. The van der Waals surface area contributed by atoms with Crippen molar-refractivity contribution >= 4 is 33.1 Å². The third kappa shape index (κ3) is 12.6. The largest absolute Gasteiger partial charge is 0.418 e. The number of rotatable bonds is 22. The first-order valence-electron chi connectivity index (χ1n) is 22.3. The van der Waals surface area contributed by atoms with Crippen molar-refractivity contribution in [3.63, 3.8) is 0 Å². The minimum atomic E-state index is -2.81. The standard InChI is InChI=1S/C48H81NO7Si2/c1-35(2)49(36(3)4)47(51)54-33-29-41(28-32-53-45-27-21-22-31-52-45)46(50)40(11)44(56-57(37(5)6,38(7)8)39(9)10)30-34-55-58(48(12,13)14,42-23-17-15-18-24-42)43-25-19-16-20-26-43/h15-20,23-26,29,33,35-41,44-46,50H,21-22,27-28,30-32,34H2,1-14H3/b33-29-/t40-,41-,44+,45?,46+/m0/s1. The van der Waals surface area contributed by atoms with E-state index >= 15 is 0 Å². The number of nitrogens with zero attached hydrogens (tertiary/aromatic N) is 1. The van der Waals surface area contributed by atoms with E-state index in [0.717, 1.165) is 19.3 Å². The highest BCUT2D eigenvalue weighted by molar-refractivity contribution is 6.99. The molecule has 58 heavy (non-hydrogen) atoms. The van der Waals surface area contributed by atoms with Gasteiger partial charge in [0.05, 0.1) is 25.1 Å². The molecule has 0 spiro atoms. The summed E-state index contributed by atoms with van der Waals surface area (Å²) in [5.41, 5.74) is 1.09. The van der Waals surface area contributed by atoms with Gasteiger partial charge in [0.1, 0.15) is 0 Å². The van der Waals surface area contributed by atoms with Crippen molar-refractivity contribution in [2.24, 2.45) is 11.8 Å². The summed E-state index contributed by atoms with van der Waals surface area (Å²) in [5, 5.41) is 14.8. The van der Waals surface area contributed by atoms with Crippen LogP contribution >= 0.6 is 0 Å². The van der Waals surface area contributed by atoms with Gasteiger partial charge >= 0.3 is 6.09 Å². The summed E-state index contributed by atoms with van der Waals surface area (Å²) >= 11 is 0. The van der Waals surface area contributed by atoms with Gasteiger partial charge in [-0.05, 0) is 97.9 Å². The fourth-order valence-corrected chi connectivity index (χ4v) is 19.9. The lowest BCUT2D eigenvalue weighted by Crippen LogP contribution is -2.66. The normalized spacial score (nSPS) is 18.0. The molecule has 0 radical (unpaired) electrons. The quantitative estimate of drug-likeness (QED) is 0.0933. The maximum absolute atomic E-state index is 13.2. The third-order valence-electron chi connectivity index (χ3n) is 12.5. The Morgan fingerprint density at radius 3 is 1.79 bits per heavy atom. The zero-order chi connectivity index (χ0) is 43.3. The molecular formula is C48H81NO7Si2. The Morgan fingerprint density at radius 2 is 1.34 bits per heavy atom. The van der Waals surface area contributed by atoms with Gasteiger partial charge in [0.15, 0.2) is 6.29 Å². The van der Waals surface area contributed by atoms with Gasteiger partial charge in [0, 0.05) is 37.1 Å². The molecule has 2 aromatic carbocycles. The maximum Gasteiger partial charge on any atom is 0.415 e. The van der Waals surface area contributed by atoms with Crippen LogP contribution in [0.1, 0.15) is 129 Å². The number of aliphatic hydroxyl groups excluding tert-OH is 1. The molecule has 1 heterocycles. The van der Waals surface area contributed by atoms with Gasteiger partial charge in [-0.3, -0.25) is 0 Å². The predicted octanol–water partition coefficient (Wildman–Crippen LogP) is 10.8. The molecule has 0 aliphatic carbocycles. The molecule has 10 heteroatoms. The Hall–Kier alpha value is -2.32. The molecule has 1 N–H and O–H groups in total. The van der Waals surface area contributed by atoms with E-state index in [4.69, 9.17) is 23.1 Å². The summed E-state index contributed by atoms with van der Waals surface area (Å²) in [6, 6.07) is 21.5. The average molecular weight is 840 g/mol. The second kappa shape index (κ2) is 23.1. The minimum Gasteiger partial charge on any atom is -0.418 e. The van der Waals surface area contributed by atoms with Crippen LogP contribution in [0.5, 0.6) is 0 Å². The molecule has 1 amide bonds. The summed E-state index contributed by atoms with van der Waals surface area (Å²) in [6.07, 6.45) is 5.72. The Kier molecular flexibility index (Phi) is 19.9. The van der Waals surface area contributed by atoms with Crippen LogP contribution in [0.2, 0.25) is 21.7 Å². The first-order chi connectivity index (χ1) is 27.3. The Balaban J connectivity index is 2.04. The van der Waals surface area contributed by atoms with E-state index in [1.54, 1.807) is 4.90 Å². The summed E-state index contributed by atoms with van der Waals surface area (Å²) in [5.74, 6) is -0.639. The molecule has 2 aromatic rings. The zero-order valence-electron chi connectivity index (χ0n) is 38.7. The summed E-state index contributed by atoms with van der Waals surface area (Å²) < 4.78 is 32.9. The highest BCUT2D eigenvalue weighted by Gasteiger charge is 2.51. The van der Waals surface area contributed by atoms with Crippen LogP contribution in [0.25, 0.3) is 0 Å². The van der Waals surface area contributed by atoms with Crippen molar-refractivity contribution in [3.05, 3.63) is 73.0 Å². The van der Waals surface area contributed by atoms with Gasteiger partial charge in [-0.1, -0.05) is 130 Å². The number of aliphatic hydroxyl groups is 1. The van der Waals surface area contributed by atoms with Crippen molar-refractivity contribution in [1.82, 2.24) is 4.90 Å². The summed E-state index contributed by atoms with van der Waals surface area (Å²) in [4.78, 5) is 14.9. The first-order valence-corrected chi connectivity index (χ1v) is 26.4. The molecule has 328 valence electrons. The van der Waals surface area contributed by atoms with E-state index in [9.17, 15) is 9.90 Å². The van der Waals surface area contributed by atoms with E-state index in [2.05, 4.69) is 130 Å². The lowest BCUT2D eigenvalue weighted by Gasteiger charge is -2.47. The Morgan fingerprint density at radius 1 is 0.810 bits per heavy atom. The number of hydrogen-bond acceptors (Lipinski definition) is 7. The summed E-state index contributed by atoms with van der Waals surface area (Å²) in [7, 11) is -5.22. The second-order valence-electron chi connectivity index (χ2n) is 19.1. The van der Waals surface area contributed by atoms with Gasteiger partial charge in [-0.15, -0.1) is 0 Å². The fourth-order valence-electron chi connectivity index (χ4n) is 9.64. The highest BCUT2D eigenvalue weighted by atomic mass is 28.4. The van der Waals surface area contributed by atoms with Crippen molar-refractivity contribution in [1.29, 1.82) is 0 Å². The molecule has 5 atom stereocenters. The van der Waals surface area contributed by atoms with Crippen molar-refractivity contribution < 1.29 is 33.0 Å². The van der Waals surface area contributed by atoms with Crippen LogP contribution < -0.4 is 10.4 Å². The first kappa shape index (κ1) is 50.0. The number of hydrogen-bond donors (Lipinski definition) is 1. The second-order valence-corrected chi connectivity index (χ2v) is 28.8. The van der Waals surface area contributed by atoms with E-state index in [1.807, 2.05) is 33.8 Å². The highest BCUT2D eigenvalue weighted by Crippen LogP contribution is 2.45. The van der Waals surface area contributed by atoms with Crippen LogP contribution in [0.3, 0.4) is 0 Å². The number of benzene rings is 2. The molecule has 3 rings (SSSR count). The van der Waals surface area contributed by atoms with Gasteiger partial charge in [-0.25, -0.2) is 4.79 Å². The van der Waals surface area contributed by atoms with Crippen LogP contribution in [0.15, 0.2) is 73.0 Å². The zero-order valence-corrected chi connectivity index (χ0v) is 40.7. The molecular weight excluding hydrogens is 759 g/mol. The van der Waals surface area contributed by atoms with Gasteiger partial charge < -0.3 is 33.1 Å². The topological polar surface area (TPSA) is 86.7 Å². The lowest BCUT2D eigenvalue weighted by atomic mass is 9.85. The van der Waals surface area contributed by atoms with Crippen molar-refractivity contribution in [2.75, 3.05) is 19.8 Å². The number of carbonyl (C=O) groups excluding carboxylic acids is 1. The van der Waals surface area contributed by atoms with E-state index in [-0.39, 0.29) is 41.4 Å². The molecule has 0 bridgehead atoms. The van der Waals surface area contributed by atoms with Crippen molar-refractivity contribution in [3.8, 4) is 0 Å². The van der Waals surface area contributed by atoms with Crippen LogP contribution in [-0.2, 0) is 23.1 Å². The van der Waals surface area contributed by atoms with Gasteiger partial charge in [0.25, 0.3) is 8.32 Å². The Bertz CT molecular complexity index is 1420. The number of ether oxygens (including phenoxy) is 3. The van der Waals surface area contributed by atoms with Gasteiger partial charge in [-0.2, -0.15) is 0 Å². The smallest absolute Gasteiger partial charge is 0.415 e. The fraction of sp³-hybridized carbons (Fsp3) is 0.688. The van der Waals surface area contributed by atoms with Crippen LogP contribution in [0, 0.1) is 11.8 Å². The molecule has 1 aliphatic rings. The summed E-state index contributed by atoms with van der Waals surface area (Å²) in [6.45, 7) is 32.4. The third-order valence-corrected chi connectivity index (χ3v) is 23.6. The van der Waals surface area contributed by atoms with E-state index < -0.39 is 28.8 Å². The SMILES string of the molecule is CC(C)N(C(=O)O/C=C\[C@H](CCOC1CCCCO1)[C@H](O)[C@@H](C)[C@@H](CCO[Si](c1ccccc1)(c1ccccc1)C(C)(C)C)O[Si](C(C)C)(C(C)C)C(C)C)C(C)C. The molecule has 1 saturated heterocycles. The van der Waals surface area contributed by atoms with E-state index in [0.29, 0.717) is 49.3 Å². The molecule has 0 aromatic heterocycles. The average Bonchev–Trinajstić information content (AvgIpc) is 3.16. The monoisotopic (exact) mass is 840 g/mol. The maximum atomic E-state index is 13.2. The molecule has 1 fully saturated rings. The van der Waals surface area contributed by atoms with Crippen LogP contribution in [0.4, 0.5) is 4.79 Å².